The van der Waals surface area contributed by atoms with E-state index in [1.807, 2.05) is 0 Å². The Kier molecular flexibility index (Phi) is 5.30. The Hall–Kier alpha value is -0.520. The van der Waals surface area contributed by atoms with Crippen LogP contribution in [0.5, 0.6) is 0 Å². The first-order valence-electron chi connectivity index (χ1n) is 7.99. The van der Waals surface area contributed by atoms with Crippen LogP contribution in [-0.4, -0.2) is 37.6 Å². The molecule has 0 aromatic carbocycles. The van der Waals surface area contributed by atoms with Gasteiger partial charge in [-0.15, -0.1) is 0 Å². The fraction of sp³-hybridized carbons (Fsp3) is 0.882. The molecular weight excluding hydrogens is 232 g/mol. The molecule has 0 bridgehead atoms. The molecule has 0 amide bonds. The summed E-state index contributed by atoms with van der Waals surface area (Å²) in [7, 11) is 0. The Morgan fingerprint density at radius 3 is 2.26 bits per heavy atom. The number of hydrogen-bond acceptors (Lipinski definition) is 2. The van der Waals surface area contributed by atoms with Gasteiger partial charge in [-0.3, -0.25) is 0 Å². The fourth-order valence-corrected chi connectivity index (χ4v) is 3.01. The van der Waals surface area contributed by atoms with E-state index in [1.165, 1.54) is 58.4 Å². The summed E-state index contributed by atoms with van der Waals surface area (Å²) in [6.07, 6.45) is 5.27. The van der Waals surface area contributed by atoms with Crippen molar-refractivity contribution >= 4 is 0 Å². The van der Waals surface area contributed by atoms with E-state index in [9.17, 15) is 0 Å². The Morgan fingerprint density at radius 2 is 1.68 bits per heavy atom. The van der Waals surface area contributed by atoms with Crippen molar-refractivity contribution in [3.05, 3.63) is 0 Å². The lowest BCUT2D eigenvalue weighted by Gasteiger charge is -2.34. The zero-order valence-electron chi connectivity index (χ0n) is 13.0. The smallest absolute Gasteiger partial charge is 0.0230 e. The lowest BCUT2D eigenvalue weighted by Crippen LogP contribution is -2.40. The van der Waals surface area contributed by atoms with Crippen LogP contribution in [-0.2, 0) is 0 Å². The molecule has 2 aliphatic rings. The lowest BCUT2D eigenvalue weighted by atomic mass is 9.91. The van der Waals surface area contributed by atoms with Crippen LogP contribution in [0.3, 0.4) is 0 Å². The van der Waals surface area contributed by atoms with E-state index in [0.717, 1.165) is 5.92 Å². The van der Waals surface area contributed by atoms with Crippen molar-refractivity contribution in [2.24, 2.45) is 17.3 Å². The summed E-state index contributed by atoms with van der Waals surface area (Å²) in [5, 5.41) is 3.45. The first-order chi connectivity index (χ1) is 9.03. The molecule has 0 aliphatic carbocycles. The Balaban J connectivity index is 1.71. The minimum absolute atomic E-state index is 0.159. The van der Waals surface area contributed by atoms with Crippen LogP contribution in [0.2, 0.25) is 0 Å². The van der Waals surface area contributed by atoms with Crippen LogP contribution in [0.1, 0.15) is 46.5 Å². The highest BCUT2D eigenvalue weighted by atomic mass is 15.1. The fourth-order valence-electron chi connectivity index (χ4n) is 3.01. The zero-order chi connectivity index (χ0) is 13.7. The Labute approximate surface area is 119 Å². The summed E-state index contributed by atoms with van der Waals surface area (Å²) in [6, 6.07) is 0. The van der Waals surface area contributed by atoms with Gasteiger partial charge in [0, 0.05) is 17.9 Å². The lowest BCUT2D eigenvalue weighted by molar-refractivity contribution is 0.163. The highest BCUT2D eigenvalue weighted by Gasteiger charge is 2.21. The maximum atomic E-state index is 3.50. The first-order valence-corrected chi connectivity index (χ1v) is 7.99. The largest absolute Gasteiger partial charge is 0.317 e. The molecule has 0 aromatic rings. The topological polar surface area (TPSA) is 15.3 Å². The maximum Gasteiger partial charge on any atom is 0.0230 e. The van der Waals surface area contributed by atoms with Gasteiger partial charge in [0.05, 0.1) is 0 Å². The van der Waals surface area contributed by atoms with Gasteiger partial charge in [-0.25, -0.2) is 0 Å². The third kappa shape index (κ3) is 5.55. The average molecular weight is 262 g/mol. The van der Waals surface area contributed by atoms with E-state index in [-0.39, 0.29) is 5.41 Å². The van der Waals surface area contributed by atoms with Crippen LogP contribution in [0.15, 0.2) is 0 Å². The van der Waals surface area contributed by atoms with E-state index in [4.69, 9.17) is 0 Å². The number of nitrogens with one attached hydrogen (secondary N) is 1. The van der Waals surface area contributed by atoms with Gasteiger partial charge in [0.2, 0.25) is 0 Å². The molecule has 0 saturated carbocycles. The minimum atomic E-state index is 0.159. The van der Waals surface area contributed by atoms with Crippen LogP contribution >= 0.6 is 0 Å². The summed E-state index contributed by atoms with van der Waals surface area (Å²) < 4.78 is 0. The molecule has 0 aromatic heterocycles. The van der Waals surface area contributed by atoms with Crippen LogP contribution in [0.25, 0.3) is 0 Å². The second-order valence-corrected chi connectivity index (χ2v) is 7.29. The SMILES string of the molecule is CC(C)(C)C#CC1CCN(CC2CCNCC2)CC1. The van der Waals surface area contributed by atoms with Gasteiger partial charge in [0.1, 0.15) is 0 Å². The van der Waals surface area contributed by atoms with Crippen molar-refractivity contribution in [2.75, 3.05) is 32.7 Å². The van der Waals surface area contributed by atoms with Crippen LogP contribution in [0.4, 0.5) is 0 Å². The zero-order valence-corrected chi connectivity index (χ0v) is 13.0. The molecule has 0 unspecified atom stereocenters. The summed E-state index contributed by atoms with van der Waals surface area (Å²) in [4.78, 5) is 2.67. The van der Waals surface area contributed by atoms with Crippen molar-refractivity contribution in [1.82, 2.24) is 10.2 Å². The number of rotatable bonds is 2. The molecule has 2 heterocycles. The molecule has 2 heteroatoms. The normalized spacial score (nSPS) is 23.9. The molecule has 2 nitrogen and oxygen atoms in total. The quantitative estimate of drug-likeness (QED) is 0.770. The van der Waals surface area contributed by atoms with E-state index in [2.05, 4.69) is 42.8 Å². The standard InChI is InChI=1S/C17H30N2/c1-17(2,3)9-4-15-7-12-19(13-8-15)14-16-5-10-18-11-6-16/h15-16,18H,5-8,10-14H2,1-3H3. The van der Waals surface area contributed by atoms with E-state index in [0.29, 0.717) is 5.92 Å². The summed E-state index contributed by atoms with van der Waals surface area (Å²) in [5.41, 5.74) is 0.159. The van der Waals surface area contributed by atoms with Crippen molar-refractivity contribution in [3.8, 4) is 11.8 Å². The van der Waals surface area contributed by atoms with E-state index >= 15 is 0 Å². The molecule has 1 N–H and O–H groups in total. The summed E-state index contributed by atoms with van der Waals surface area (Å²) in [6.45, 7) is 12.9. The average Bonchev–Trinajstić information content (AvgIpc) is 2.38. The molecular formula is C17H30N2. The third-order valence-corrected chi connectivity index (χ3v) is 4.21. The summed E-state index contributed by atoms with van der Waals surface area (Å²) in [5.74, 6) is 8.48. The predicted octanol–water partition coefficient (Wildman–Crippen LogP) is 2.75. The number of piperidine rings is 2. The minimum Gasteiger partial charge on any atom is -0.317 e. The van der Waals surface area contributed by atoms with E-state index in [1.54, 1.807) is 0 Å². The number of likely N-dealkylation sites (tertiary alicyclic amines) is 1. The van der Waals surface area contributed by atoms with E-state index < -0.39 is 0 Å². The first kappa shape index (κ1) is 14.9. The van der Waals surface area contributed by atoms with Crippen LogP contribution < -0.4 is 5.32 Å². The molecule has 2 fully saturated rings. The highest BCUT2D eigenvalue weighted by molar-refractivity contribution is 5.11. The van der Waals surface area contributed by atoms with Gasteiger partial charge in [0.25, 0.3) is 0 Å². The van der Waals surface area contributed by atoms with Gasteiger partial charge in [-0.2, -0.15) is 0 Å². The number of nitrogens with zero attached hydrogens (tertiary/aromatic N) is 1. The second-order valence-electron chi connectivity index (χ2n) is 7.29. The van der Waals surface area contributed by atoms with Gasteiger partial charge >= 0.3 is 0 Å². The van der Waals surface area contributed by atoms with Crippen molar-refractivity contribution in [1.29, 1.82) is 0 Å². The molecule has 0 radical (unpaired) electrons. The van der Waals surface area contributed by atoms with Gasteiger partial charge in [-0.05, 0) is 78.6 Å². The van der Waals surface area contributed by atoms with Gasteiger partial charge < -0.3 is 10.2 Å². The molecule has 0 spiro atoms. The van der Waals surface area contributed by atoms with Crippen LogP contribution in [0, 0.1) is 29.1 Å². The van der Waals surface area contributed by atoms with Crippen molar-refractivity contribution < 1.29 is 0 Å². The van der Waals surface area contributed by atoms with Crippen molar-refractivity contribution in [3.63, 3.8) is 0 Å². The summed E-state index contributed by atoms with van der Waals surface area (Å²) >= 11 is 0. The predicted molar refractivity (Wildman–Crippen MR) is 82.0 cm³/mol. The Morgan fingerprint density at radius 1 is 1.05 bits per heavy atom. The van der Waals surface area contributed by atoms with Gasteiger partial charge in [0.15, 0.2) is 0 Å². The third-order valence-electron chi connectivity index (χ3n) is 4.21. The Bertz CT molecular complexity index is 317. The molecule has 19 heavy (non-hydrogen) atoms. The van der Waals surface area contributed by atoms with Gasteiger partial charge in [-0.1, -0.05) is 11.8 Å². The molecule has 2 saturated heterocycles. The molecule has 0 atom stereocenters. The van der Waals surface area contributed by atoms with Crippen molar-refractivity contribution in [2.45, 2.75) is 46.5 Å². The number of hydrogen-bond donors (Lipinski definition) is 1. The maximum absolute atomic E-state index is 3.50. The molecule has 108 valence electrons. The highest BCUT2D eigenvalue weighted by Crippen LogP contribution is 2.21. The molecule has 2 rings (SSSR count). The monoisotopic (exact) mass is 262 g/mol. The second kappa shape index (κ2) is 6.77. The molecule has 2 aliphatic heterocycles.